The first-order valence-electron chi connectivity index (χ1n) is 10.2. The van der Waals surface area contributed by atoms with Crippen LogP contribution in [0.25, 0.3) is 45.0 Å². The standard InChI is InChI=1S/C21H21N9/c1-29-12-13(11-23-29)14-5-6-15-17(24-14)19(28-27-15)21-25-18-16(7-8-22-20(18)26-21)30-9-3-2-4-10-30/h5-8,11-12H,2-4,9-10H2,1H3,(H,27,28)(H,22,25,26). The van der Waals surface area contributed by atoms with Crippen LogP contribution in [-0.2, 0) is 7.05 Å². The highest BCUT2D eigenvalue weighted by Gasteiger charge is 2.20. The summed E-state index contributed by atoms with van der Waals surface area (Å²) >= 11 is 0. The predicted octanol–water partition coefficient (Wildman–Crippen LogP) is 3.29. The van der Waals surface area contributed by atoms with Crippen molar-refractivity contribution in [3.8, 4) is 22.8 Å². The molecule has 0 saturated carbocycles. The number of nitrogens with one attached hydrogen (secondary N) is 2. The first-order valence-corrected chi connectivity index (χ1v) is 10.2. The van der Waals surface area contributed by atoms with Gasteiger partial charge in [-0.25, -0.2) is 15.0 Å². The molecule has 0 bridgehead atoms. The molecule has 0 spiro atoms. The van der Waals surface area contributed by atoms with Crippen LogP contribution < -0.4 is 4.90 Å². The zero-order valence-electron chi connectivity index (χ0n) is 16.6. The van der Waals surface area contributed by atoms with Crippen molar-refractivity contribution in [2.24, 2.45) is 7.05 Å². The molecule has 1 aliphatic rings. The number of nitrogens with zero attached hydrogens (tertiary/aromatic N) is 7. The van der Waals surface area contributed by atoms with Gasteiger partial charge in [0.05, 0.1) is 23.1 Å². The number of piperidine rings is 1. The third kappa shape index (κ3) is 2.73. The fourth-order valence-electron chi connectivity index (χ4n) is 4.18. The summed E-state index contributed by atoms with van der Waals surface area (Å²) in [6.45, 7) is 2.12. The summed E-state index contributed by atoms with van der Waals surface area (Å²) in [6.07, 6.45) is 9.32. The minimum atomic E-state index is 0.670. The van der Waals surface area contributed by atoms with Gasteiger partial charge in [-0.2, -0.15) is 10.2 Å². The first-order chi connectivity index (χ1) is 14.8. The molecule has 0 amide bonds. The summed E-state index contributed by atoms with van der Waals surface area (Å²) in [5.74, 6) is 0.670. The number of aromatic nitrogens is 8. The van der Waals surface area contributed by atoms with Gasteiger partial charge in [0.15, 0.2) is 17.2 Å². The van der Waals surface area contributed by atoms with Crippen LogP contribution in [0.15, 0.2) is 36.8 Å². The second-order valence-corrected chi connectivity index (χ2v) is 7.73. The van der Waals surface area contributed by atoms with Crippen molar-refractivity contribution < 1.29 is 0 Å². The third-order valence-electron chi connectivity index (χ3n) is 5.69. The van der Waals surface area contributed by atoms with Crippen LogP contribution in [0.1, 0.15) is 19.3 Å². The van der Waals surface area contributed by atoms with Crippen molar-refractivity contribution in [2.75, 3.05) is 18.0 Å². The van der Waals surface area contributed by atoms with Crippen molar-refractivity contribution in [3.63, 3.8) is 0 Å². The van der Waals surface area contributed by atoms with E-state index in [0.717, 1.165) is 52.2 Å². The van der Waals surface area contributed by atoms with Gasteiger partial charge in [0, 0.05) is 38.1 Å². The van der Waals surface area contributed by atoms with Crippen LogP contribution in [0.5, 0.6) is 0 Å². The molecule has 0 aromatic carbocycles. The molecule has 1 fully saturated rings. The van der Waals surface area contributed by atoms with Crippen molar-refractivity contribution >= 4 is 27.9 Å². The lowest BCUT2D eigenvalue weighted by atomic mass is 10.1. The van der Waals surface area contributed by atoms with Gasteiger partial charge in [-0.05, 0) is 37.5 Å². The van der Waals surface area contributed by atoms with Crippen LogP contribution >= 0.6 is 0 Å². The van der Waals surface area contributed by atoms with Gasteiger partial charge in [-0.15, -0.1) is 0 Å². The topological polar surface area (TPSA) is 104 Å². The van der Waals surface area contributed by atoms with E-state index in [1.165, 1.54) is 19.3 Å². The molecule has 9 heteroatoms. The lowest BCUT2D eigenvalue weighted by Crippen LogP contribution is -2.29. The fraction of sp³-hybridized carbons (Fsp3) is 0.286. The van der Waals surface area contributed by atoms with E-state index in [2.05, 4.69) is 36.2 Å². The molecular formula is C21H21N9. The van der Waals surface area contributed by atoms with Gasteiger partial charge in [0.2, 0.25) is 0 Å². The third-order valence-corrected chi connectivity index (χ3v) is 5.69. The van der Waals surface area contributed by atoms with E-state index < -0.39 is 0 Å². The van der Waals surface area contributed by atoms with Crippen molar-refractivity contribution in [1.82, 2.24) is 39.9 Å². The monoisotopic (exact) mass is 399 g/mol. The van der Waals surface area contributed by atoms with Crippen LogP contribution in [-0.4, -0.2) is 53.0 Å². The van der Waals surface area contributed by atoms with Gasteiger partial charge >= 0.3 is 0 Å². The SMILES string of the molecule is Cn1cc(-c2ccc3[nH]nc(-c4nc5c(N6CCCCC6)ccnc5[nH]4)c3n2)cn1. The molecule has 150 valence electrons. The van der Waals surface area contributed by atoms with Crippen LogP contribution in [0, 0.1) is 0 Å². The minimum absolute atomic E-state index is 0.670. The Morgan fingerprint density at radius 3 is 2.73 bits per heavy atom. The van der Waals surface area contributed by atoms with E-state index >= 15 is 0 Å². The molecule has 5 aromatic heterocycles. The molecule has 1 saturated heterocycles. The highest BCUT2D eigenvalue weighted by atomic mass is 15.2. The molecule has 0 radical (unpaired) electrons. The number of imidazole rings is 1. The summed E-state index contributed by atoms with van der Waals surface area (Å²) < 4.78 is 1.77. The maximum absolute atomic E-state index is 4.89. The quantitative estimate of drug-likeness (QED) is 0.482. The predicted molar refractivity (Wildman–Crippen MR) is 115 cm³/mol. The van der Waals surface area contributed by atoms with E-state index in [4.69, 9.17) is 9.97 Å². The molecule has 0 unspecified atom stereocenters. The minimum Gasteiger partial charge on any atom is -0.370 e. The number of anilines is 1. The summed E-state index contributed by atoms with van der Waals surface area (Å²) in [4.78, 5) is 20.0. The average Bonchev–Trinajstić information content (AvgIpc) is 3.50. The molecule has 1 aliphatic heterocycles. The van der Waals surface area contributed by atoms with Gasteiger partial charge in [-0.3, -0.25) is 9.78 Å². The van der Waals surface area contributed by atoms with E-state index in [1.54, 1.807) is 4.68 Å². The summed E-state index contributed by atoms with van der Waals surface area (Å²) in [5, 5.41) is 11.8. The average molecular weight is 399 g/mol. The number of pyridine rings is 2. The fourth-order valence-corrected chi connectivity index (χ4v) is 4.18. The molecule has 9 nitrogen and oxygen atoms in total. The normalized spacial score (nSPS) is 14.8. The van der Waals surface area contributed by atoms with Crippen LogP contribution in [0.2, 0.25) is 0 Å². The largest absolute Gasteiger partial charge is 0.370 e. The molecule has 5 aromatic rings. The lowest BCUT2D eigenvalue weighted by Gasteiger charge is -2.28. The number of aryl methyl sites for hydroxylation is 1. The van der Waals surface area contributed by atoms with Crippen LogP contribution in [0.3, 0.4) is 0 Å². The van der Waals surface area contributed by atoms with Crippen molar-refractivity contribution in [2.45, 2.75) is 19.3 Å². The van der Waals surface area contributed by atoms with Gasteiger partial charge in [-0.1, -0.05) is 0 Å². The number of rotatable bonds is 3. The van der Waals surface area contributed by atoms with E-state index in [1.807, 2.05) is 37.8 Å². The number of fused-ring (bicyclic) bond motifs is 2. The Labute approximate surface area is 172 Å². The van der Waals surface area contributed by atoms with Crippen LogP contribution in [0.4, 0.5) is 5.69 Å². The highest BCUT2D eigenvalue weighted by molar-refractivity contribution is 5.93. The van der Waals surface area contributed by atoms with E-state index in [9.17, 15) is 0 Å². The second kappa shape index (κ2) is 6.65. The molecule has 0 atom stereocenters. The van der Waals surface area contributed by atoms with E-state index in [0.29, 0.717) is 11.5 Å². The van der Waals surface area contributed by atoms with Gasteiger partial charge < -0.3 is 9.88 Å². The van der Waals surface area contributed by atoms with Gasteiger partial charge in [0.1, 0.15) is 11.0 Å². The molecule has 6 heterocycles. The smallest absolute Gasteiger partial charge is 0.162 e. The number of H-pyrrole nitrogens is 2. The first kappa shape index (κ1) is 17.1. The zero-order chi connectivity index (χ0) is 20.1. The molecule has 6 rings (SSSR count). The zero-order valence-corrected chi connectivity index (χ0v) is 16.6. The number of aromatic amines is 2. The van der Waals surface area contributed by atoms with Gasteiger partial charge in [0.25, 0.3) is 0 Å². The Morgan fingerprint density at radius 1 is 1.00 bits per heavy atom. The molecular weight excluding hydrogens is 378 g/mol. The summed E-state index contributed by atoms with van der Waals surface area (Å²) in [5.41, 5.74) is 6.93. The highest BCUT2D eigenvalue weighted by Crippen LogP contribution is 2.31. The Balaban J connectivity index is 1.47. The van der Waals surface area contributed by atoms with E-state index in [-0.39, 0.29) is 0 Å². The lowest BCUT2D eigenvalue weighted by molar-refractivity contribution is 0.578. The Morgan fingerprint density at radius 2 is 1.90 bits per heavy atom. The maximum atomic E-state index is 4.89. The summed E-state index contributed by atoms with van der Waals surface area (Å²) in [6, 6.07) is 6.01. The molecule has 30 heavy (non-hydrogen) atoms. The number of hydrogen-bond donors (Lipinski definition) is 2. The summed E-state index contributed by atoms with van der Waals surface area (Å²) in [7, 11) is 1.90. The number of hydrogen-bond acceptors (Lipinski definition) is 6. The molecule has 0 aliphatic carbocycles. The van der Waals surface area contributed by atoms with Crippen molar-refractivity contribution in [3.05, 3.63) is 36.8 Å². The van der Waals surface area contributed by atoms with Crippen molar-refractivity contribution in [1.29, 1.82) is 0 Å². The Kier molecular flexibility index (Phi) is 3.80. The second-order valence-electron chi connectivity index (χ2n) is 7.73. The maximum Gasteiger partial charge on any atom is 0.162 e. The Bertz CT molecular complexity index is 1350. The Hall–Kier alpha value is -3.75. The molecule has 2 N–H and O–H groups in total.